The zero-order valence-corrected chi connectivity index (χ0v) is 15.8. The maximum atomic E-state index is 14.2. The number of aryl methyl sites for hydroxylation is 1. The lowest BCUT2D eigenvalue weighted by Gasteiger charge is -2.19. The lowest BCUT2D eigenvalue weighted by Crippen LogP contribution is -2.34. The Hall–Kier alpha value is -2.61. The van der Waals surface area contributed by atoms with Gasteiger partial charge >= 0.3 is 6.03 Å². The van der Waals surface area contributed by atoms with Gasteiger partial charge in [-0.05, 0) is 24.6 Å². The average molecular weight is 395 g/mol. The molecule has 0 saturated carbocycles. The first-order valence-corrected chi connectivity index (χ1v) is 8.95. The molecular weight excluding hydrogens is 375 g/mol. The number of carbonyl (C=O) groups is 1. The van der Waals surface area contributed by atoms with E-state index >= 15 is 0 Å². The number of nitrogens with one attached hydrogen (secondary N) is 1. The second-order valence-corrected chi connectivity index (χ2v) is 6.48. The van der Waals surface area contributed by atoms with Gasteiger partial charge in [0.15, 0.2) is 0 Å². The molecule has 1 saturated heterocycles. The van der Waals surface area contributed by atoms with Gasteiger partial charge in [0.2, 0.25) is 5.82 Å². The van der Waals surface area contributed by atoms with Crippen molar-refractivity contribution in [1.29, 1.82) is 0 Å². The summed E-state index contributed by atoms with van der Waals surface area (Å²) in [6, 6.07) is 4.66. The summed E-state index contributed by atoms with van der Waals surface area (Å²) in [6.07, 6.45) is 1.96. The van der Waals surface area contributed by atoms with Crippen molar-refractivity contribution in [2.75, 3.05) is 25.5 Å². The molecule has 0 aliphatic carbocycles. The van der Waals surface area contributed by atoms with Crippen molar-refractivity contribution in [2.24, 2.45) is 0 Å². The van der Waals surface area contributed by atoms with Gasteiger partial charge in [-0.1, -0.05) is 18.5 Å². The van der Waals surface area contributed by atoms with Crippen LogP contribution < -0.4 is 14.8 Å². The standard InChI is InChI=1S/C18H20ClFN4O3/c1-3-13-16(20)17(22-10-21-13)27-12-6-7-24(9-12)18(25)23-14-8-11(19)4-5-15(14)26-2/h4-5,8,10,12H,3,6-7,9H2,1-2H3,(H,23,25). The fraction of sp³-hybridized carbons (Fsp3) is 0.389. The van der Waals surface area contributed by atoms with Crippen molar-refractivity contribution in [3.8, 4) is 11.6 Å². The predicted molar refractivity (Wildman–Crippen MR) is 99.0 cm³/mol. The first-order chi connectivity index (χ1) is 13.0. The predicted octanol–water partition coefficient (Wildman–Crippen LogP) is 3.53. The highest BCUT2D eigenvalue weighted by molar-refractivity contribution is 6.31. The molecule has 9 heteroatoms. The number of nitrogens with zero attached hydrogens (tertiary/aromatic N) is 3. The van der Waals surface area contributed by atoms with Crippen molar-refractivity contribution < 1.29 is 18.7 Å². The van der Waals surface area contributed by atoms with Crippen LogP contribution in [0.3, 0.4) is 0 Å². The number of likely N-dealkylation sites (tertiary alicyclic amines) is 1. The quantitative estimate of drug-likeness (QED) is 0.839. The van der Waals surface area contributed by atoms with E-state index in [9.17, 15) is 9.18 Å². The number of halogens is 2. The van der Waals surface area contributed by atoms with Gasteiger partial charge in [0.1, 0.15) is 18.2 Å². The maximum absolute atomic E-state index is 14.2. The van der Waals surface area contributed by atoms with Gasteiger partial charge in [-0.3, -0.25) is 0 Å². The molecule has 1 unspecified atom stereocenters. The van der Waals surface area contributed by atoms with E-state index in [1.807, 2.05) is 0 Å². The molecule has 1 fully saturated rings. The number of aromatic nitrogens is 2. The zero-order valence-electron chi connectivity index (χ0n) is 15.0. The molecule has 1 aromatic carbocycles. The Balaban J connectivity index is 1.63. The van der Waals surface area contributed by atoms with Gasteiger partial charge in [0, 0.05) is 18.0 Å². The van der Waals surface area contributed by atoms with Crippen LogP contribution in [0.5, 0.6) is 11.6 Å². The normalized spacial score (nSPS) is 16.3. The summed E-state index contributed by atoms with van der Waals surface area (Å²) >= 11 is 5.98. The van der Waals surface area contributed by atoms with Crippen LogP contribution in [0.25, 0.3) is 0 Å². The van der Waals surface area contributed by atoms with E-state index < -0.39 is 5.82 Å². The molecule has 2 amide bonds. The van der Waals surface area contributed by atoms with Crippen LogP contribution in [0.2, 0.25) is 5.02 Å². The minimum absolute atomic E-state index is 0.0781. The molecule has 1 aliphatic rings. The monoisotopic (exact) mass is 394 g/mol. The van der Waals surface area contributed by atoms with Crippen LogP contribution in [-0.4, -0.2) is 47.2 Å². The molecule has 144 valence electrons. The number of benzene rings is 1. The SMILES string of the molecule is CCc1ncnc(OC2CCN(C(=O)Nc3cc(Cl)ccc3OC)C2)c1F. The van der Waals surface area contributed by atoms with E-state index in [0.29, 0.717) is 48.1 Å². The smallest absolute Gasteiger partial charge is 0.322 e. The Bertz CT molecular complexity index is 836. The molecule has 2 heterocycles. The van der Waals surface area contributed by atoms with Crippen LogP contribution in [-0.2, 0) is 6.42 Å². The molecule has 0 spiro atoms. The molecule has 1 aromatic heterocycles. The molecule has 1 N–H and O–H groups in total. The summed E-state index contributed by atoms with van der Waals surface area (Å²) in [5, 5.41) is 3.27. The first kappa shape index (κ1) is 19.2. The highest BCUT2D eigenvalue weighted by atomic mass is 35.5. The molecule has 1 aliphatic heterocycles. The maximum Gasteiger partial charge on any atom is 0.322 e. The lowest BCUT2D eigenvalue weighted by molar-refractivity contribution is 0.182. The first-order valence-electron chi connectivity index (χ1n) is 8.57. The Morgan fingerprint density at radius 1 is 1.44 bits per heavy atom. The number of methoxy groups -OCH3 is 1. The van der Waals surface area contributed by atoms with E-state index in [1.54, 1.807) is 30.0 Å². The number of ether oxygens (including phenoxy) is 2. The van der Waals surface area contributed by atoms with Gasteiger partial charge in [-0.25, -0.2) is 9.78 Å². The summed E-state index contributed by atoms with van der Waals surface area (Å²) in [5.74, 6) is -0.118. The second kappa shape index (κ2) is 8.39. The van der Waals surface area contributed by atoms with Crippen LogP contribution in [0.4, 0.5) is 14.9 Å². The van der Waals surface area contributed by atoms with Gasteiger partial charge in [-0.2, -0.15) is 9.37 Å². The number of amides is 2. The molecule has 27 heavy (non-hydrogen) atoms. The van der Waals surface area contributed by atoms with Crippen molar-refractivity contribution >= 4 is 23.3 Å². The molecule has 7 nitrogen and oxygen atoms in total. The second-order valence-electron chi connectivity index (χ2n) is 6.04. The number of hydrogen-bond donors (Lipinski definition) is 1. The average Bonchev–Trinajstić information content (AvgIpc) is 3.12. The van der Waals surface area contributed by atoms with E-state index in [4.69, 9.17) is 21.1 Å². The number of carbonyl (C=O) groups excluding carboxylic acids is 1. The molecule has 0 radical (unpaired) electrons. The van der Waals surface area contributed by atoms with E-state index in [0.717, 1.165) is 0 Å². The van der Waals surface area contributed by atoms with Crippen molar-refractivity contribution in [3.05, 3.63) is 41.1 Å². The summed E-state index contributed by atoms with van der Waals surface area (Å²) in [5.41, 5.74) is 0.787. The molecule has 3 rings (SSSR count). The Labute approximate surface area is 161 Å². The third-order valence-electron chi connectivity index (χ3n) is 4.28. The number of anilines is 1. The Morgan fingerprint density at radius 2 is 2.26 bits per heavy atom. The fourth-order valence-electron chi connectivity index (χ4n) is 2.86. The summed E-state index contributed by atoms with van der Waals surface area (Å²) < 4.78 is 25.1. The van der Waals surface area contributed by atoms with Gasteiger partial charge < -0.3 is 19.7 Å². The summed E-state index contributed by atoms with van der Waals surface area (Å²) in [6.45, 7) is 2.60. The lowest BCUT2D eigenvalue weighted by atomic mass is 10.3. The number of rotatable bonds is 5. The molecule has 0 bridgehead atoms. The van der Waals surface area contributed by atoms with Crippen LogP contribution in [0.15, 0.2) is 24.5 Å². The van der Waals surface area contributed by atoms with Gasteiger partial charge in [-0.15, -0.1) is 0 Å². The van der Waals surface area contributed by atoms with Crippen LogP contribution in [0, 0.1) is 5.82 Å². The minimum Gasteiger partial charge on any atom is -0.495 e. The van der Waals surface area contributed by atoms with Crippen LogP contribution in [0.1, 0.15) is 19.0 Å². The highest BCUT2D eigenvalue weighted by Crippen LogP contribution is 2.28. The Morgan fingerprint density at radius 3 is 3.00 bits per heavy atom. The Kier molecular flexibility index (Phi) is 5.95. The third kappa shape index (κ3) is 4.39. The van der Waals surface area contributed by atoms with Crippen molar-refractivity contribution in [3.63, 3.8) is 0 Å². The van der Waals surface area contributed by atoms with E-state index in [-0.39, 0.29) is 18.0 Å². The molecular formula is C18H20ClFN4O3. The van der Waals surface area contributed by atoms with Crippen molar-refractivity contribution in [1.82, 2.24) is 14.9 Å². The van der Waals surface area contributed by atoms with Crippen molar-refractivity contribution in [2.45, 2.75) is 25.9 Å². The number of urea groups is 1. The molecule has 2 aromatic rings. The van der Waals surface area contributed by atoms with Gasteiger partial charge in [0.05, 0.1) is 25.0 Å². The van der Waals surface area contributed by atoms with E-state index in [1.165, 1.54) is 13.4 Å². The summed E-state index contributed by atoms with van der Waals surface area (Å²) in [4.78, 5) is 21.9. The third-order valence-corrected chi connectivity index (χ3v) is 4.51. The summed E-state index contributed by atoms with van der Waals surface area (Å²) in [7, 11) is 1.51. The number of hydrogen-bond acceptors (Lipinski definition) is 5. The minimum atomic E-state index is -0.549. The van der Waals surface area contributed by atoms with Gasteiger partial charge in [0.25, 0.3) is 5.88 Å². The van der Waals surface area contributed by atoms with E-state index in [2.05, 4.69) is 15.3 Å². The topological polar surface area (TPSA) is 76.6 Å². The van der Waals surface area contributed by atoms with Crippen LogP contribution >= 0.6 is 11.6 Å². The molecule has 1 atom stereocenters. The largest absolute Gasteiger partial charge is 0.495 e. The zero-order chi connectivity index (χ0) is 19.4. The fourth-order valence-corrected chi connectivity index (χ4v) is 3.03. The highest BCUT2D eigenvalue weighted by Gasteiger charge is 2.29.